The van der Waals surface area contributed by atoms with Crippen molar-refractivity contribution in [1.82, 2.24) is 0 Å². The lowest BCUT2D eigenvalue weighted by Crippen LogP contribution is -2.34. The molecule has 0 aromatic heterocycles. The SMILES string of the molecule is Cc1ccc([B-](F)(F)F)cc1C#N. The van der Waals surface area contributed by atoms with E-state index in [-0.39, 0.29) is 5.56 Å². The van der Waals surface area contributed by atoms with Crippen LogP contribution < -0.4 is 5.46 Å². The van der Waals surface area contributed by atoms with E-state index < -0.39 is 12.4 Å². The first-order valence-corrected chi connectivity index (χ1v) is 3.65. The maximum atomic E-state index is 12.2. The lowest BCUT2D eigenvalue weighted by atomic mass is 9.79. The molecule has 0 fully saturated rings. The Morgan fingerprint density at radius 2 is 1.92 bits per heavy atom. The Labute approximate surface area is 73.9 Å². The fourth-order valence-electron chi connectivity index (χ4n) is 0.964. The molecular formula is C8H6BF3N-. The van der Waals surface area contributed by atoms with Gasteiger partial charge in [0.05, 0.1) is 11.6 Å². The van der Waals surface area contributed by atoms with Gasteiger partial charge in [-0.2, -0.15) is 5.26 Å². The van der Waals surface area contributed by atoms with Crippen LogP contribution in [0.25, 0.3) is 0 Å². The number of hydrogen-bond acceptors (Lipinski definition) is 1. The molecule has 5 heteroatoms. The molecule has 0 bridgehead atoms. The number of hydrogen-bond donors (Lipinski definition) is 0. The summed E-state index contributed by atoms with van der Waals surface area (Å²) in [7, 11) is 0. The minimum absolute atomic E-state index is 0.0803. The Kier molecular flexibility index (Phi) is 2.33. The molecule has 1 nitrogen and oxygen atoms in total. The fraction of sp³-hybridized carbons (Fsp3) is 0.125. The van der Waals surface area contributed by atoms with E-state index >= 15 is 0 Å². The highest BCUT2D eigenvalue weighted by Gasteiger charge is 2.25. The predicted molar refractivity (Wildman–Crippen MR) is 44.6 cm³/mol. The van der Waals surface area contributed by atoms with Crippen molar-refractivity contribution in [2.45, 2.75) is 6.92 Å². The Bertz CT molecular complexity index is 365. The normalized spacial score (nSPS) is 11.0. The molecule has 0 aliphatic heterocycles. The van der Waals surface area contributed by atoms with E-state index in [9.17, 15) is 12.9 Å². The van der Waals surface area contributed by atoms with Crippen molar-refractivity contribution in [1.29, 1.82) is 5.26 Å². The van der Waals surface area contributed by atoms with Gasteiger partial charge in [-0.25, -0.2) is 0 Å². The van der Waals surface area contributed by atoms with Crippen LogP contribution >= 0.6 is 0 Å². The summed E-state index contributed by atoms with van der Waals surface area (Å²) in [5.41, 5.74) is -0.0786. The van der Waals surface area contributed by atoms with Gasteiger partial charge in [-0.3, -0.25) is 0 Å². The smallest absolute Gasteiger partial charge is 0.445 e. The van der Waals surface area contributed by atoms with E-state index in [1.54, 1.807) is 13.0 Å². The van der Waals surface area contributed by atoms with Crippen LogP contribution in [-0.2, 0) is 0 Å². The average molecular weight is 184 g/mol. The molecule has 0 N–H and O–H groups in total. The van der Waals surface area contributed by atoms with Gasteiger partial charge in [-0.1, -0.05) is 18.2 Å². The maximum Gasteiger partial charge on any atom is 0.509 e. The Morgan fingerprint density at radius 1 is 1.31 bits per heavy atom. The summed E-state index contributed by atoms with van der Waals surface area (Å²) >= 11 is 0. The summed E-state index contributed by atoms with van der Waals surface area (Å²) in [5, 5.41) is 8.50. The van der Waals surface area contributed by atoms with E-state index in [2.05, 4.69) is 0 Å². The third-order valence-electron chi connectivity index (χ3n) is 1.76. The Morgan fingerprint density at radius 3 is 2.38 bits per heavy atom. The number of aryl methyl sites for hydroxylation is 1. The molecule has 0 unspecified atom stereocenters. The molecule has 0 amide bonds. The van der Waals surface area contributed by atoms with Crippen molar-refractivity contribution in [3.63, 3.8) is 0 Å². The van der Waals surface area contributed by atoms with Gasteiger partial charge in [0.2, 0.25) is 0 Å². The molecule has 1 aromatic carbocycles. The van der Waals surface area contributed by atoms with Gasteiger partial charge in [-0.05, 0) is 12.5 Å². The first-order chi connectivity index (χ1) is 5.95. The monoisotopic (exact) mass is 184 g/mol. The molecule has 0 radical (unpaired) electrons. The first-order valence-electron chi connectivity index (χ1n) is 3.65. The van der Waals surface area contributed by atoms with Gasteiger partial charge in [0.15, 0.2) is 0 Å². The Balaban J connectivity index is 3.24. The highest BCUT2D eigenvalue weighted by Crippen LogP contribution is 2.12. The largest absolute Gasteiger partial charge is 0.509 e. The summed E-state index contributed by atoms with van der Waals surface area (Å²) in [6.45, 7) is -3.39. The van der Waals surface area contributed by atoms with Crippen molar-refractivity contribution >= 4 is 12.4 Å². The number of nitrogens with zero attached hydrogens (tertiary/aromatic N) is 1. The average Bonchev–Trinajstić information content (AvgIpc) is 2.03. The zero-order chi connectivity index (χ0) is 10.1. The van der Waals surface area contributed by atoms with Crippen LogP contribution in [0.1, 0.15) is 11.1 Å². The van der Waals surface area contributed by atoms with Gasteiger partial charge in [0.25, 0.3) is 0 Å². The predicted octanol–water partition coefficient (Wildman–Crippen LogP) is 1.92. The number of benzene rings is 1. The van der Waals surface area contributed by atoms with Crippen molar-refractivity contribution in [3.05, 3.63) is 29.3 Å². The van der Waals surface area contributed by atoms with E-state index in [1.165, 1.54) is 6.07 Å². The zero-order valence-corrected chi connectivity index (χ0v) is 6.89. The van der Waals surface area contributed by atoms with Gasteiger partial charge in [-0.15, -0.1) is 5.46 Å². The van der Waals surface area contributed by atoms with Crippen LogP contribution in [0.3, 0.4) is 0 Å². The van der Waals surface area contributed by atoms with Crippen LogP contribution in [-0.4, -0.2) is 6.98 Å². The van der Waals surface area contributed by atoms with E-state index in [1.807, 2.05) is 0 Å². The maximum absolute atomic E-state index is 12.2. The molecule has 0 saturated heterocycles. The number of nitriles is 1. The molecule has 0 heterocycles. The third kappa shape index (κ3) is 2.02. The third-order valence-corrected chi connectivity index (χ3v) is 1.76. The molecule has 1 rings (SSSR count). The van der Waals surface area contributed by atoms with E-state index in [4.69, 9.17) is 5.26 Å². The van der Waals surface area contributed by atoms with Crippen molar-refractivity contribution in [2.24, 2.45) is 0 Å². The van der Waals surface area contributed by atoms with Gasteiger partial charge in [0.1, 0.15) is 0 Å². The fourth-order valence-corrected chi connectivity index (χ4v) is 0.964. The molecule has 13 heavy (non-hydrogen) atoms. The Hall–Kier alpha value is -1.44. The minimum Gasteiger partial charge on any atom is -0.445 e. The van der Waals surface area contributed by atoms with Crippen molar-refractivity contribution < 1.29 is 12.9 Å². The van der Waals surface area contributed by atoms with Crippen LogP contribution in [0.15, 0.2) is 18.2 Å². The van der Waals surface area contributed by atoms with E-state index in [0.717, 1.165) is 12.1 Å². The van der Waals surface area contributed by atoms with Crippen LogP contribution in [0.4, 0.5) is 12.9 Å². The quantitative estimate of drug-likeness (QED) is 0.611. The lowest BCUT2D eigenvalue weighted by molar-refractivity contribution is 0.501. The second kappa shape index (κ2) is 3.13. The number of rotatable bonds is 1. The molecule has 0 atom stereocenters. The molecule has 1 aromatic rings. The van der Waals surface area contributed by atoms with Gasteiger partial charge in [0, 0.05) is 0 Å². The standard InChI is InChI=1S/C8H6BF3N/c1-6-2-3-8(9(10,11)12)4-7(6)5-13/h2-4H,1H3/q-1. The van der Waals surface area contributed by atoms with Crippen molar-refractivity contribution in [2.75, 3.05) is 0 Å². The summed E-state index contributed by atoms with van der Waals surface area (Å²) < 4.78 is 36.6. The second-order valence-electron chi connectivity index (χ2n) is 2.76. The van der Waals surface area contributed by atoms with E-state index in [0.29, 0.717) is 5.56 Å². The molecule has 68 valence electrons. The minimum atomic E-state index is -5.00. The summed E-state index contributed by atoms with van der Waals surface area (Å²) in [6, 6.07) is 4.91. The zero-order valence-electron chi connectivity index (χ0n) is 6.89. The second-order valence-corrected chi connectivity index (χ2v) is 2.76. The van der Waals surface area contributed by atoms with Crippen LogP contribution in [0.2, 0.25) is 0 Å². The van der Waals surface area contributed by atoms with Crippen LogP contribution in [0.5, 0.6) is 0 Å². The molecular weight excluding hydrogens is 178 g/mol. The highest BCUT2D eigenvalue weighted by molar-refractivity contribution is 6.73. The summed E-state index contributed by atoms with van der Waals surface area (Å²) in [6.07, 6.45) is 0. The molecule has 0 spiro atoms. The first kappa shape index (κ1) is 9.65. The van der Waals surface area contributed by atoms with Crippen LogP contribution in [0, 0.1) is 18.3 Å². The lowest BCUT2D eigenvalue weighted by Gasteiger charge is -2.15. The van der Waals surface area contributed by atoms with Gasteiger partial charge >= 0.3 is 6.98 Å². The number of halogens is 3. The summed E-state index contributed by atoms with van der Waals surface area (Å²) in [5.74, 6) is 0. The summed E-state index contributed by atoms with van der Waals surface area (Å²) in [4.78, 5) is 0. The molecule has 0 saturated carbocycles. The molecule has 0 aliphatic carbocycles. The van der Waals surface area contributed by atoms with Crippen molar-refractivity contribution in [3.8, 4) is 6.07 Å². The van der Waals surface area contributed by atoms with Gasteiger partial charge < -0.3 is 12.9 Å². The molecule has 0 aliphatic rings. The highest BCUT2D eigenvalue weighted by atomic mass is 19.4. The topological polar surface area (TPSA) is 23.8 Å².